The first-order valence-corrected chi connectivity index (χ1v) is 8.69. The molecule has 16 heavy (non-hydrogen) atoms. The summed E-state index contributed by atoms with van der Waals surface area (Å²) in [6.07, 6.45) is 6.32. The first-order chi connectivity index (χ1) is 7.70. The van der Waals surface area contributed by atoms with E-state index >= 15 is 0 Å². The lowest BCUT2D eigenvalue weighted by Crippen LogP contribution is -2.35. The Morgan fingerprint density at radius 1 is 1.56 bits per heavy atom. The van der Waals surface area contributed by atoms with Crippen LogP contribution in [0.1, 0.15) is 37.1 Å². The molecule has 1 aromatic heterocycles. The first kappa shape index (κ1) is 12.9. The Hall–Kier alpha value is 0.490. The lowest BCUT2D eigenvalue weighted by molar-refractivity contribution is 0.472. The number of thiophene rings is 1. The van der Waals surface area contributed by atoms with Crippen LogP contribution in [-0.4, -0.2) is 17.5 Å². The van der Waals surface area contributed by atoms with Crippen molar-refractivity contribution in [1.29, 1.82) is 0 Å². The van der Waals surface area contributed by atoms with Crippen LogP contribution in [0.3, 0.4) is 0 Å². The number of nitrogens with one attached hydrogen (secondary N) is 1. The molecule has 0 aliphatic heterocycles. The van der Waals surface area contributed by atoms with Gasteiger partial charge in [-0.2, -0.15) is 11.8 Å². The van der Waals surface area contributed by atoms with Crippen LogP contribution in [0, 0.1) is 0 Å². The third kappa shape index (κ3) is 3.03. The second-order valence-corrected chi connectivity index (χ2v) is 7.30. The Labute approximate surface area is 115 Å². The van der Waals surface area contributed by atoms with Crippen LogP contribution in [0.4, 0.5) is 0 Å². The number of thioether (sulfide) groups is 1. The summed E-state index contributed by atoms with van der Waals surface area (Å²) in [7, 11) is 0. The van der Waals surface area contributed by atoms with Gasteiger partial charge in [0.15, 0.2) is 0 Å². The van der Waals surface area contributed by atoms with Crippen molar-refractivity contribution >= 4 is 39.0 Å². The van der Waals surface area contributed by atoms with Gasteiger partial charge in [0.1, 0.15) is 0 Å². The fraction of sp³-hybridized carbons (Fsp3) is 0.667. The van der Waals surface area contributed by atoms with Gasteiger partial charge in [0.25, 0.3) is 0 Å². The lowest BCUT2D eigenvalue weighted by atomic mass is 10.2. The van der Waals surface area contributed by atoms with E-state index in [4.69, 9.17) is 0 Å². The molecule has 3 atom stereocenters. The summed E-state index contributed by atoms with van der Waals surface area (Å²) in [5.41, 5.74) is 0. The monoisotopic (exact) mass is 319 g/mol. The zero-order valence-corrected chi connectivity index (χ0v) is 12.9. The van der Waals surface area contributed by atoms with Gasteiger partial charge in [0, 0.05) is 32.1 Å². The van der Waals surface area contributed by atoms with Gasteiger partial charge in [-0.15, -0.1) is 11.3 Å². The summed E-state index contributed by atoms with van der Waals surface area (Å²) in [6, 6.07) is 3.41. The van der Waals surface area contributed by atoms with E-state index in [1.807, 2.05) is 23.1 Å². The molecule has 4 heteroatoms. The normalized spacial score (nSPS) is 27.2. The molecule has 0 amide bonds. The summed E-state index contributed by atoms with van der Waals surface area (Å²) < 4.78 is 1.20. The highest BCUT2D eigenvalue weighted by Gasteiger charge is 2.27. The summed E-state index contributed by atoms with van der Waals surface area (Å²) in [4.78, 5) is 1.43. The molecule has 1 nitrogen and oxygen atoms in total. The summed E-state index contributed by atoms with van der Waals surface area (Å²) in [5.74, 6) is 0. The van der Waals surface area contributed by atoms with Gasteiger partial charge in [-0.25, -0.2) is 0 Å². The Balaban J connectivity index is 1.94. The maximum atomic E-state index is 3.78. The highest BCUT2D eigenvalue weighted by Crippen LogP contribution is 2.32. The Bertz CT molecular complexity index is 340. The smallest absolute Gasteiger partial charge is 0.0389 e. The van der Waals surface area contributed by atoms with Gasteiger partial charge in [-0.3, -0.25) is 0 Å². The van der Waals surface area contributed by atoms with Crippen molar-refractivity contribution < 1.29 is 0 Å². The van der Waals surface area contributed by atoms with Crippen molar-refractivity contribution in [3.05, 3.63) is 20.8 Å². The molecule has 1 fully saturated rings. The zero-order chi connectivity index (χ0) is 11.5. The second kappa shape index (κ2) is 5.89. The van der Waals surface area contributed by atoms with Crippen LogP contribution in [0.25, 0.3) is 0 Å². The van der Waals surface area contributed by atoms with Crippen molar-refractivity contribution in [1.82, 2.24) is 5.32 Å². The topological polar surface area (TPSA) is 12.0 Å². The van der Waals surface area contributed by atoms with Crippen LogP contribution in [-0.2, 0) is 0 Å². The quantitative estimate of drug-likeness (QED) is 0.880. The third-order valence-corrected chi connectivity index (χ3v) is 6.28. The molecular weight excluding hydrogens is 302 g/mol. The van der Waals surface area contributed by atoms with E-state index in [2.05, 4.69) is 45.9 Å². The fourth-order valence-corrected chi connectivity index (χ4v) is 4.77. The van der Waals surface area contributed by atoms with Crippen LogP contribution in [0.15, 0.2) is 15.9 Å². The highest BCUT2D eigenvalue weighted by atomic mass is 79.9. The first-order valence-electron chi connectivity index (χ1n) is 5.73. The average Bonchev–Trinajstić information content (AvgIpc) is 2.86. The molecule has 0 saturated heterocycles. The van der Waals surface area contributed by atoms with E-state index in [-0.39, 0.29) is 0 Å². The van der Waals surface area contributed by atoms with Crippen LogP contribution < -0.4 is 5.32 Å². The molecule has 90 valence electrons. The number of rotatable bonds is 4. The van der Waals surface area contributed by atoms with E-state index in [9.17, 15) is 0 Å². The average molecular weight is 320 g/mol. The zero-order valence-electron chi connectivity index (χ0n) is 9.70. The van der Waals surface area contributed by atoms with Gasteiger partial charge in [0.05, 0.1) is 0 Å². The molecular formula is C12H18BrNS2. The molecule has 3 unspecified atom stereocenters. The van der Waals surface area contributed by atoms with Crippen molar-refractivity contribution in [3.8, 4) is 0 Å². The maximum Gasteiger partial charge on any atom is 0.0389 e. The predicted octanol–water partition coefficient (Wildman–Crippen LogP) is 4.45. The van der Waals surface area contributed by atoms with E-state index < -0.39 is 0 Å². The van der Waals surface area contributed by atoms with Crippen molar-refractivity contribution in [2.45, 2.75) is 43.5 Å². The van der Waals surface area contributed by atoms with Crippen molar-refractivity contribution in [2.24, 2.45) is 0 Å². The van der Waals surface area contributed by atoms with Gasteiger partial charge in [-0.05, 0) is 48.0 Å². The fourth-order valence-electron chi connectivity index (χ4n) is 2.36. The lowest BCUT2D eigenvalue weighted by Gasteiger charge is -2.23. The Kier molecular flexibility index (Phi) is 4.76. The van der Waals surface area contributed by atoms with E-state index in [1.165, 1.54) is 28.6 Å². The molecule has 1 N–H and O–H groups in total. The summed E-state index contributed by atoms with van der Waals surface area (Å²) >= 11 is 7.37. The van der Waals surface area contributed by atoms with E-state index in [1.54, 1.807) is 0 Å². The van der Waals surface area contributed by atoms with Crippen molar-refractivity contribution in [2.75, 3.05) is 6.26 Å². The SMILES string of the molecule is CSC1CCCC1NC(C)c1cc(Br)cs1. The molecule has 0 spiro atoms. The standard InChI is InChI=1S/C12H18BrNS2/c1-8(12-6-9(13)7-16-12)14-10-4-3-5-11(10)15-2/h6-8,10-11,14H,3-5H2,1-2H3. The minimum atomic E-state index is 0.481. The van der Waals surface area contributed by atoms with Crippen LogP contribution >= 0.6 is 39.0 Å². The molecule has 1 aromatic rings. The minimum absolute atomic E-state index is 0.481. The molecule has 0 radical (unpaired) electrons. The molecule has 0 bridgehead atoms. The maximum absolute atomic E-state index is 3.78. The Morgan fingerprint density at radius 3 is 3.00 bits per heavy atom. The number of hydrogen-bond acceptors (Lipinski definition) is 3. The van der Waals surface area contributed by atoms with Gasteiger partial charge >= 0.3 is 0 Å². The number of hydrogen-bond donors (Lipinski definition) is 1. The second-order valence-electron chi connectivity index (χ2n) is 4.37. The van der Waals surface area contributed by atoms with E-state index in [0.29, 0.717) is 12.1 Å². The summed E-state index contributed by atoms with van der Waals surface area (Å²) in [6.45, 7) is 2.27. The minimum Gasteiger partial charge on any atom is -0.306 e. The third-order valence-electron chi connectivity index (χ3n) is 3.23. The molecule has 1 aliphatic carbocycles. The summed E-state index contributed by atoms with van der Waals surface area (Å²) in [5, 5.41) is 6.75. The molecule has 1 heterocycles. The van der Waals surface area contributed by atoms with E-state index in [0.717, 1.165) is 5.25 Å². The van der Waals surface area contributed by atoms with Gasteiger partial charge in [0.2, 0.25) is 0 Å². The largest absolute Gasteiger partial charge is 0.306 e. The molecule has 0 aromatic carbocycles. The molecule has 1 aliphatic rings. The van der Waals surface area contributed by atoms with Gasteiger partial charge in [-0.1, -0.05) is 6.42 Å². The Morgan fingerprint density at radius 2 is 2.38 bits per heavy atom. The van der Waals surface area contributed by atoms with Gasteiger partial charge < -0.3 is 5.32 Å². The molecule has 1 saturated carbocycles. The highest BCUT2D eigenvalue weighted by molar-refractivity contribution is 9.10. The van der Waals surface area contributed by atoms with Crippen molar-refractivity contribution in [3.63, 3.8) is 0 Å². The predicted molar refractivity (Wildman–Crippen MR) is 78.5 cm³/mol. The molecule has 2 rings (SSSR count). The van der Waals surface area contributed by atoms with Crippen LogP contribution in [0.5, 0.6) is 0 Å². The van der Waals surface area contributed by atoms with Crippen LogP contribution in [0.2, 0.25) is 0 Å². The number of halogens is 1.